The Hall–Kier alpha value is -2.53. The van der Waals surface area contributed by atoms with E-state index in [9.17, 15) is 15.0 Å². The number of rotatable bonds is 6. The van der Waals surface area contributed by atoms with Crippen LogP contribution in [0.1, 0.15) is 24.2 Å². The maximum atomic E-state index is 11.6. The normalized spacial score (nSPS) is 13.2. The number of amides is 1. The van der Waals surface area contributed by atoms with Crippen molar-refractivity contribution in [2.24, 2.45) is 0 Å². The Morgan fingerprint density at radius 2 is 1.87 bits per heavy atom. The second-order valence-corrected chi connectivity index (χ2v) is 5.36. The minimum absolute atomic E-state index is 0.221. The van der Waals surface area contributed by atoms with Gasteiger partial charge in [0.05, 0.1) is 19.3 Å². The van der Waals surface area contributed by atoms with Gasteiger partial charge in [-0.1, -0.05) is 42.5 Å². The summed E-state index contributed by atoms with van der Waals surface area (Å²) in [7, 11) is 1.55. The Morgan fingerprint density at radius 3 is 2.48 bits per heavy atom. The number of ether oxygens (including phenoxy) is 1. The Bertz CT molecular complexity index is 644. The highest BCUT2D eigenvalue weighted by Gasteiger charge is 2.27. The van der Waals surface area contributed by atoms with Crippen molar-refractivity contribution < 1.29 is 19.7 Å². The maximum absolute atomic E-state index is 11.6. The largest absolute Gasteiger partial charge is 0.497 e. The minimum atomic E-state index is -1.07. The smallest absolute Gasteiger partial charge is 0.407 e. The summed E-state index contributed by atoms with van der Waals surface area (Å²) in [6.07, 6.45) is -2.01. The second-order valence-electron chi connectivity index (χ2n) is 5.36. The van der Waals surface area contributed by atoms with Crippen molar-refractivity contribution in [3.8, 4) is 5.75 Å². The van der Waals surface area contributed by atoms with Crippen LogP contribution in [0.2, 0.25) is 0 Å². The lowest BCUT2D eigenvalue weighted by molar-refractivity contribution is 0.0516. The zero-order chi connectivity index (χ0) is 16.8. The quantitative estimate of drug-likeness (QED) is 0.858. The first-order chi connectivity index (χ1) is 11.0. The molecule has 0 saturated heterocycles. The van der Waals surface area contributed by atoms with Gasteiger partial charge in [-0.3, -0.25) is 4.90 Å². The molecule has 0 saturated carbocycles. The van der Waals surface area contributed by atoms with Crippen LogP contribution in [-0.4, -0.2) is 34.4 Å². The summed E-state index contributed by atoms with van der Waals surface area (Å²) < 4.78 is 5.15. The summed E-state index contributed by atoms with van der Waals surface area (Å²) in [4.78, 5) is 12.8. The number of benzene rings is 2. The number of hydrogen-bond acceptors (Lipinski definition) is 3. The van der Waals surface area contributed by atoms with Crippen LogP contribution in [0.5, 0.6) is 5.75 Å². The SMILES string of the molecule is COc1cccc([C@@H](O)[C@H](C)N(Cc2ccccc2)C(=O)O)c1. The van der Waals surface area contributed by atoms with Crippen molar-refractivity contribution in [1.29, 1.82) is 0 Å². The van der Waals surface area contributed by atoms with Crippen LogP contribution >= 0.6 is 0 Å². The Kier molecular flexibility index (Phi) is 5.60. The van der Waals surface area contributed by atoms with Gasteiger partial charge in [-0.05, 0) is 30.2 Å². The summed E-state index contributed by atoms with van der Waals surface area (Å²) in [5.41, 5.74) is 1.50. The third-order valence-corrected chi connectivity index (χ3v) is 3.83. The first kappa shape index (κ1) is 16.8. The number of hydrogen-bond donors (Lipinski definition) is 2. The topological polar surface area (TPSA) is 70.0 Å². The van der Waals surface area contributed by atoms with Gasteiger partial charge in [0, 0.05) is 6.54 Å². The number of methoxy groups -OCH3 is 1. The minimum Gasteiger partial charge on any atom is -0.497 e. The van der Waals surface area contributed by atoms with E-state index in [1.54, 1.807) is 38.3 Å². The number of aliphatic hydroxyl groups excluding tert-OH is 1. The first-order valence-electron chi connectivity index (χ1n) is 7.38. The van der Waals surface area contributed by atoms with E-state index in [0.717, 1.165) is 5.56 Å². The summed E-state index contributed by atoms with van der Waals surface area (Å²) >= 11 is 0. The third kappa shape index (κ3) is 4.23. The van der Waals surface area contributed by atoms with Crippen LogP contribution in [0, 0.1) is 0 Å². The second kappa shape index (κ2) is 7.65. The molecule has 0 aromatic heterocycles. The Balaban J connectivity index is 2.19. The fourth-order valence-corrected chi connectivity index (χ4v) is 2.44. The Morgan fingerprint density at radius 1 is 1.17 bits per heavy atom. The number of nitrogens with zero attached hydrogens (tertiary/aromatic N) is 1. The molecule has 0 aliphatic carbocycles. The van der Waals surface area contributed by atoms with E-state index in [1.165, 1.54) is 4.90 Å². The van der Waals surface area contributed by atoms with E-state index in [0.29, 0.717) is 11.3 Å². The number of aliphatic hydroxyl groups is 1. The van der Waals surface area contributed by atoms with Crippen LogP contribution in [-0.2, 0) is 6.54 Å². The van der Waals surface area contributed by atoms with Gasteiger partial charge >= 0.3 is 6.09 Å². The molecule has 2 aromatic rings. The molecule has 0 unspecified atom stereocenters. The number of carboxylic acid groups (broad SMARTS) is 1. The van der Waals surface area contributed by atoms with Crippen LogP contribution < -0.4 is 4.74 Å². The maximum Gasteiger partial charge on any atom is 0.407 e. The molecule has 0 aliphatic heterocycles. The molecular weight excluding hydrogens is 294 g/mol. The molecule has 0 spiro atoms. The van der Waals surface area contributed by atoms with Crippen LogP contribution in [0.15, 0.2) is 54.6 Å². The molecule has 0 bridgehead atoms. The predicted octanol–water partition coefficient (Wildman–Crippen LogP) is 3.30. The van der Waals surface area contributed by atoms with E-state index < -0.39 is 18.2 Å². The van der Waals surface area contributed by atoms with Gasteiger partial charge in [0.25, 0.3) is 0 Å². The van der Waals surface area contributed by atoms with E-state index in [4.69, 9.17) is 4.74 Å². The highest BCUT2D eigenvalue weighted by atomic mass is 16.5. The van der Waals surface area contributed by atoms with Gasteiger partial charge < -0.3 is 14.9 Å². The molecule has 2 atom stereocenters. The van der Waals surface area contributed by atoms with E-state index >= 15 is 0 Å². The van der Waals surface area contributed by atoms with Gasteiger partial charge in [0.15, 0.2) is 0 Å². The zero-order valence-corrected chi connectivity index (χ0v) is 13.2. The lowest BCUT2D eigenvalue weighted by atomic mass is 10.0. The van der Waals surface area contributed by atoms with Crippen molar-refractivity contribution in [2.75, 3.05) is 7.11 Å². The van der Waals surface area contributed by atoms with Gasteiger partial charge in [-0.25, -0.2) is 4.79 Å². The lowest BCUT2D eigenvalue weighted by Gasteiger charge is -2.30. The van der Waals surface area contributed by atoms with E-state index in [-0.39, 0.29) is 6.54 Å². The molecule has 2 aromatic carbocycles. The van der Waals surface area contributed by atoms with Crippen molar-refractivity contribution >= 4 is 6.09 Å². The molecule has 5 heteroatoms. The number of carbonyl (C=O) groups is 1. The van der Waals surface area contributed by atoms with Crippen LogP contribution in [0.25, 0.3) is 0 Å². The molecule has 1 amide bonds. The molecule has 0 radical (unpaired) electrons. The molecule has 5 nitrogen and oxygen atoms in total. The molecular formula is C18H21NO4. The molecule has 122 valence electrons. The molecule has 0 aliphatic rings. The average Bonchev–Trinajstić information content (AvgIpc) is 2.59. The van der Waals surface area contributed by atoms with Crippen molar-refractivity contribution in [2.45, 2.75) is 25.6 Å². The highest BCUT2D eigenvalue weighted by Crippen LogP contribution is 2.25. The van der Waals surface area contributed by atoms with Gasteiger partial charge in [0.2, 0.25) is 0 Å². The van der Waals surface area contributed by atoms with Gasteiger partial charge in [0.1, 0.15) is 5.75 Å². The molecule has 0 heterocycles. The fourth-order valence-electron chi connectivity index (χ4n) is 2.44. The summed E-state index contributed by atoms with van der Waals surface area (Å²) in [5, 5.41) is 20.0. The Labute approximate surface area is 135 Å². The van der Waals surface area contributed by atoms with E-state index in [1.807, 2.05) is 30.3 Å². The van der Waals surface area contributed by atoms with Crippen molar-refractivity contribution in [1.82, 2.24) is 4.90 Å². The molecule has 2 rings (SSSR count). The van der Waals surface area contributed by atoms with Crippen LogP contribution in [0.3, 0.4) is 0 Å². The van der Waals surface area contributed by atoms with Crippen molar-refractivity contribution in [3.05, 3.63) is 65.7 Å². The highest BCUT2D eigenvalue weighted by molar-refractivity contribution is 5.65. The molecule has 23 heavy (non-hydrogen) atoms. The third-order valence-electron chi connectivity index (χ3n) is 3.83. The van der Waals surface area contributed by atoms with Crippen molar-refractivity contribution in [3.63, 3.8) is 0 Å². The molecule has 0 fully saturated rings. The zero-order valence-electron chi connectivity index (χ0n) is 13.2. The van der Waals surface area contributed by atoms with E-state index in [2.05, 4.69) is 0 Å². The van der Waals surface area contributed by atoms with Gasteiger partial charge in [-0.2, -0.15) is 0 Å². The summed E-state index contributed by atoms with van der Waals surface area (Å²) in [6, 6.07) is 15.7. The standard InChI is InChI=1S/C18H21NO4/c1-13(17(20)15-9-6-10-16(11-15)23-2)19(18(21)22)12-14-7-4-3-5-8-14/h3-11,13,17,20H,12H2,1-2H3,(H,21,22)/t13-,17-/m0/s1. The van der Waals surface area contributed by atoms with Gasteiger partial charge in [-0.15, -0.1) is 0 Å². The van der Waals surface area contributed by atoms with Crippen LogP contribution in [0.4, 0.5) is 4.79 Å². The monoisotopic (exact) mass is 315 g/mol. The molecule has 2 N–H and O–H groups in total. The average molecular weight is 315 g/mol. The lowest BCUT2D eigenvalue weighted by Crippen LogP contribution is -2.40. The summed E-state index contributed by atoms with van der Waals surface area (Å²) in [5.74, 6) is 0.624. The first-order valence-corrected chi connectivity index (χ1v) is 7.38. The predicted molar refractivity (Wildman–Crippen MR) is 87.4 cm³/mol. The summed E-state index contributed by atoms with van der Waals surface area (Å²) in [6.45, 7) is 1.92. The fraction of sp³-hybridized carbons (Fsp3) is 0.278.